The Morgan fingerprint density at radius 3 is 2.56 bits per heavy atom. The number of hydrogen-bond acceptors (Lipinski definition) is 2. The minimum absolute atomic E-state index is 0.0346. The fraction of sp³-hybridized carbons (Fsp3) is 0.500. The van der Waals surface area contributed by atoms with Crippen molar-refractivity contribution >= 4 is 5.69 Å². The molecular weight excluding hydrogens is 202 g/mol. The van der Waals surface area contributed by atoms with Crippen LogP contribution in [0.2, 0.25) is 0 Å². The molecule has 0 bridgehead atoms. The predicted octanol–water partition coefficient (Wildman–Crippen LogP) is 1.88. The average Bonchev–Trinajstić information content (AvgIpc) is 2.16. The number of hydrogen-bond donors (Lipinski definition) is 0. The highest BCUT2D eigenvalue weighted by Crippen LogP contribution is 2.23. The first-order valence-corrected chi connectivity index (χ1v) is 5.38. The van der Waals surface area contributed by atoms with E-state index in [4.69, 9.17) is 5.39 Å². The average molecular weight is 220 g/mol. The summed E-state index contributed by atoms with van der Waals surface area (Å²) >= 11 is 0. The maximum Gasteiger partial charge on any atom is 0.388 e. The summed E-state index contributed by atoms with van der Waals surface area (Å²) in [5.74, 6) is -0.0346. The highest BCUT2D eigenvalue weighted by atomic mass is 16.3. The maximum atomic E-state index is 11.2. The first-order chi connectivity index (χ1) is 7.42. The third kappa shape index (κ3) is 3.87. The molecule has 0 radical (unpaired) electrons. The van der Waals surface area contributed by atoms with Gasteiger partial charge in [-0.1, -0.05) is 12.1 Å². The highest BCUT2D eigenvalue weighted by molar-refractivity contribution is 5.54. The van der Waals surface area contributed by atoms with E-state index < -0.39 is 0 Å². The molecule has 86 valence electrons. The van der Waals surface area contributed by atoms with Crippen molar-refractivity contribution in [2.75, 3.05) is 27.7 Å². The SMILES string of the molecule is C[N+](C)(C)CCCc1cc([O-])ccc1[N+]#N. The number of benzene rings is 1. The molecule has 0 heterocycles. The summed E-state index contributed by atoms with van der Waals surface area (Å²) in [7, 11) is 6.38. The van der Waals surface area contributed by atoms with Gasteiger partial charge in [0.15, 0.2) is 4.98 Å². The molecule has 4 heteroatoms. The third-order valence-corrected chi connectivity index (χ3v) is 2.43. The molecule has 0 saturated heterocycles. The van der Waals surface area contributed by atoms with Crippen molar-refractivity contribution in [3.05, 3.63) is 28.7 Å². The maximum absolute atomic E-state index is 11.2. The second kappa shape index (κ2) is 4.95. The molecule has 16 heavy (non-hydrogen) atoms. The van der Waals surface area contributed by atoms with E-state index in [1.165, 1.54) is 6.07 Å². The summed E-state index contributed by atoms with van der Waals surface area (Å²) in [6, 6.07) is 4.52. The second-order valence-corrected chi connectivity index (χ2v) is 5.01. The molecule has 4 nitrogen and oxygen atoms in total. The van der Waals surface area contributed by atoms with Crippen LogP contribution in [0.5, 0.6) is 5.75 Å². The Bertz CT molecular complexity index is 402. The van der Waals surface area contributed by atoms with Crippen LogP contribution < -0.4 is 5.11 Å². The molecule has 0 N–H and O–H groups in total. The zero-order chi connectivity index (χ0) is 12.2. The van der Waals surface area contributed by atoms with Gasteiger partial charge in [-0.25, -0.2) is 0 Å². The molecule has 0 aliphatic heterocycles. The zero-order valence-electron chi connectivity index (χ0n) is 10.1. The van der Waals surface area contributed by atoms with Gasteiger partial charge >= 0.3 is 5.69 Å². The van der Waals surface area contributed by atoms with Gasteiger partial charge in [-0.2, -0.15) is 0 Å². The molecule has 0 aliphatic rings. The van der Waals surface area contributed by atoms with Crippen LogP contribution >= 0.6 is 0 Å². The van der Waals surface area contributed by atoms with Crippen LogP contribution in [0.25, 0.3) is 4.98 Å². The lowest BCUT2D eigenvalue weighted by atomic mass is 10.1. The van der Waals surface area contributed by atoms with E-state index >= 15 is 0 Å². The molecule has 1 aromatic rings. The lowest BCUT2D eigenvalue weighted by molar-refractivity contribution is -0.870. The van der Waals surface area contributed by atoms with Gasteiger partial charge < -0.3 is 9.59 Å². The normalized spacial score (nSPS) is 11.1. The Kier molecular flexibility index (Phi) is 3.86. The molecule has 0 unspecified atom stereocenters. The van der Waals surface area contributed by atoms with Gasteiger partial charge in [0.05, 0.1) is 27.7 Å². The number of nitrogens with zero attached hydrogens (tertiary/aromatic N) is 3. The number of aryl methyl sites for hydroxylation is 1. The topological polar surface area (TPSA) is 51.2 Å². The van der Waals surface area contributed by atoms with E-state index in [1.807, 2.05) is 0 Å². The van der Waals surface area contributed by atoms with Gasteiger partial charge in [0, 0.05) is 18.1 Å². The van der Waals surface area contributed by atoms with Crippen LogP contribution in [0, 0.1) is 5.39 Å². The highest BCUT2D eigenvalue weighted by Gasteiger charge is 2.13. The van der Waals surface area contributed by atoms with Gasteiger partial charge in [-0.05, 0) is 6.42 Å². The molecule has 0 saturated carbocycles. The smallest absolute Gasteiger partial charge is 0.388 e. The quantitative estimate of drug-likeness (QED) is 0.574. The standard InChI is InChI=1S/C12H18N3O/c1-15(2,3)8-4-5-10-9-11(16)6-7-12(10)14-13/h6-7,9H,4-5,8H2,1-3H3/q+1. The second-order valence-electron chi connectivity index (χ2n) is 5.01. The van der Waals surface area contributed by atoms with Crippen molar-refractivity contribution in [1.29, 1.82) is 5.39 Å². The van der Waals surface area contributed by atoms with Gasteiger partial charge in [0.25, 0.3) is 0 Å². The van der Waals surface area contributed by atoms with Crippen LogP contribution in [-0.4, -0.2) is 32.2 Å². The van der Waals surface area contributed by atoms with Crippen molar-refractivity contribution in [2.45, 2.75) is 12.8 Å². The van der Waals surface area contributed by atoms with Crippen LogP contribution in [-0.2, 0) is 6.42 Å². The summed E-state index contributed by atoms with van der Waals surface area (Å²) in [5, 5.41) is 20.0. The summed E-state index contributed by atoms with van der Waals surface area (Å²) in [6.07, 6.45) is 1.74. The summed E-state index contributed by atoms with van der Waals surface area (Å²) in [5.41, 5.74) is 1.32. The van der Waals surface area contributed by atoms with Crippen LogP contribution in [0.4, 0.5) is 5.69 Å². The molecular formula is C12H18N3O+. The van der Waals surface area contributed by atoms with Crippen molar-refractivity contribution in [2.24, 2.45) is 0 Å². The van der Waals surface area contributed by atoms with Crippen LogP contribution in [0.3, 0.4) is 0 Å². The number of rotatable bonds is 4. The minimum atomic E-state index is -0.0346. The van der Waals surface area contributed by atoms with Gasteiger partial charge in [-0.15, -0.1) is 5.75 Å². The molecule has 1 aromatic carbocycles. The molecule has 0 atom stereocenters. The Labute approximate surface area is 96.3 Å². The van der Waals surface area contributed by atoms with Gasteiger partial charge in [0.1, 0.15) is 0 Å². The van der Waals surface area contributed by atoms with Crippen molar-refractivity contribution in [3.63, 3.8) is 0 Å². The molecule has 0 fully saturated rings. The van der Waals surface area contributed by atoms with Gasteiger partial charge in [-0.3, -0.25) is 0 Å². The first kappa shape index (κ1) is 12.5. The fourth-order valence-corrected chi connectivity index (χ4v) is 1.60. The molecule has 1 rings (SSSR count). The predicted molar refractivity (Wildman–Crippen MR) is 61.9 cm³/mol. The lowest BCUT2D eigenvalue weighted by Gasteiger charge is -2.23. The van der Waals surface area contributed by atoms with Crippen LogP contribution in [0.1, 0.15) is 12.0 Å². The largest absolute Gasteiger partial charge is 0.872 e. The van der Waals surface area contributed by atoms with Crippen molar-refractivity contribution < 1.29 is 9.59 Å². The van der Waals surface area contributed by atoms with Crippen LogP contribution in [0.15, 0.2) is 18.2 Å². The minimum Gasteiger partial charge on any atom is -0.872 e. The lowest BCUT2D eigenvalue weighted by Crippen LogP contribution is -2.35. The first-order valence-electron chi connectivity index (χ1n) is 5.38. The van der Waals surface area contributed by atoms with E-state index in [0.29, 0.717) is 5.69 Å². The van der Waals surface area contributed by atoms with E-state index in [2.05, 4.69) is 26.1 Å². The summed E-state index contributed by atoms with van der Waals surface area (Å²) < 4.78 is 0.892. The van der Waals surface area contributed by atoms with Crippen molar-refractivity contribution in [3.8, 4) is 5.75 Å². The van der Waals surface area contributed by atoms with E-state index in [0.717, 1.165) is 29.4 Å². The van der Waals surface area contributed by atoms with Crippen molar-refractivity contribution in [1.82, 2.24) is 0 Å². The zero-order valence-corrected chi connectivity index (χ0v) is 10.1. The summed E-state index contributed by atoms with van der Waals surface area (Å²) in [6.45, 7) is 1.02. The van der Waals surface area contributed by atoms with Gasteiger partial charge in [0.2, 0.25) is 5.39 Å². The van der Waals surface area contributed by atoms with E-state index in [-0.39, 0.29) is 5.75 Å². The number of diazo groups is 1. The fourth-order valence-electron chi connectivity index (χ4n) is 1.60. The molecule has 0 aromatic heterocycles. The molecule has 0 amide bonds. The van der Waals surface area contributed by atoms with E-state index in [9.17, 15) is 5.11 Å². The number of quaternary nitrogens is 1. The third-order valence-electron chi connectivity index (χ3n) is 2.43. The molecule has 0 spiro atoms. The Balaban J connectivity index is 2.67. The van der Waals surface area contributed by atoms with E-state index in [1.54, 1.807) is 12.1 Å². The Hall–Kier alpha value is -1.60. The monoisotopic (exact) mass is 220 g/mol. The molecule has 0 aliphatic carbocycles. The summed E-state index contributed by atoms with van der Waals surface area (Å²) in [4.78, 5) is 3.18. The Morgan fingerprint density at radius 2 is 2.00 bits per heavy atom. The Morgan fingerprint density at radius 1 is 1.31 bits per heavy atom.